The highest BCUT2D eigenvalue weighted by atomic mass is 16.5. The average molecular weight is 232 g/mol. The lowest BCUT2D eigenvalue weighted by molar-refractivity contribution is 0.100. The van der Waals surface area contributed by atoms with Gasteiger partial charge in [0, 0.05) is 6.92 Å². The van der Waals surface area contributed by atoms with E-state index in [1.165, 1.54) is 6.92 Å². The topological polar surface area (TPSA) is 65.2 Å². The van der Waals surface area contributed by atoms with Crippen molar-refractivity contribution in [2.45, 2.75) is 13.3 Å². The Balaban J connectivity index is 2.11. The fourth-order valence-electron chi connectivity index (χ4n) is 1.39. The molecule has 1 aromatic heterocycles. The monoisotopic (exact) mass is 232 g/mol. The number of methoxy groups -OCH3 is 1. The summed E-state index contributed by atoms with van der Waals surface area (Å²) in [6.45, 7) is 1.40. The van der Waals surface area contributed by atoms with Gasteiger partial charge in [0.1, 0.15) is 5.75 Å². The van der Waals surface area contributed by atoms with Crippen LogP contribution in [-0.2, 0) is 6.42 Å². The number of nitrogens with zero attached hydrogens (tertiary/aromatic N) is 2. The highest BCUT2D eigenvalue weighted by Gasteiger charge is 2.10. The smallest absolute Gasteiger partial charge is 0.238 e. The number of ether oxygens (including phenoxy) is 1. The van der Waals surface area contributed by atoms with Crippen LogP contribution >= 0.6 is 0 Å². The third-order valence-corrected chi connectivity index (χ3v) is 2.30. The van der Waals surface area contributed by atoms with E-state index in [4.69, 9.17) is 9.26 Å². The minimum absolute atomic E-state index is 0.119. The molecule has 0 N–H and O–H groups in total. The molecule has 88 valence electrons. The van der Waals surface area contributed by atoms with E-state index in [0.29, 0.717) is 12.3 Å². The average Bonchev–Trinajstić information content (AvgIpc) is 2.79. The van der Waals surface area contributed by atoms with Crippen molar-refractivity contribution < 1.29 is 14.1 Å². The van der Waals surface area contributed by atoms with Crippen LogP contribution in [0.15, 0.2) is 28.8 Å². The summed E-state index contributed by atoms with van der Waals surface area (Å²) in [6, 6.07) is 7.54. The van der Waals surface area contributed by atoms with E-state index in [-0.39, 0.29) is 11.6 Å². The van der Waals surface area contributed by atoms with Gasteiger partial charge < -0.3 is 9.26 Å². The lowest BCUT2D eigenvalue weighted by Gasteiger charge is -2.00. The number of carbonyl (C=O) groups is 1. The quantitative estimate of drug-likeness (QED) is 0.753. The molecule has 2 rings (SSSR count). The summed E-state index contributed by atoms with van der Waals surface area (Å²) in [4.78, 5) is 15.0. The number of ketones is 1. The molecule has 0 unspecified atom stereocenters. The van der Waals surface area contributed by atoms with Gasteiger partial charge in [-0.15, -0.1) is 0 Å². The van der Waals surface area contributed by atoms with Gasteiger partial charge in [0.15, 0.2) is 0 Å². The van der Waals surface area contributed by atoms with Crippen LogP contribution in [0.5, 0.6) is 5.75 Å². The minimum atomic E-state index is -0.199. The minimum Gasteiger partial charge on any atom is -0.497 e. The summed E-state index contributed by atoms with van der Waals surface area (Å²) in [6.07, 6.45) is 0.504. The lowest BCUT2D eigenvalue weighted by Crippen LogP contribution is -1.95. The zero-order valence-electron chi connectivity index (χ0n) is 9.64. The molecule has 0 amide bonds. The first-order valence-electron chi connectivity index (χ1n) is 5.15. The number of benzene rings is 1. The molecule has 0 radical (unpaired) electrons. The molecule has 0 aliphatic carbocycles. The molecule has 0 saturated carbocycles. The maximum absolute atomic E-state index is 11.0. The van der Waals surface area contributed by atoms with Gasteiger partial charge >= 0.3 is 0 Å². The molecular formula is C12H12N2O3. The zero-order valence-corrected chi connectivity index (χ0v) is 9.64. The standard InChI is InChI=1S/C12H12N2O3/c1-8(15)12-13-11(17-14-12)7-9-3-5-10(16-2)6-4-9/h3-6H,7H2,1-2H3. The van der Waals surface area contributed by atoms with E-state index in [1.54, 1.807) is 7.11 Å². The van der Waals surface area contributed by atoms with Crippen LogP contribution in [0.2, 0.25) is 0 Å². The molecule has 0 fully saturated rings. The highest BCUT2D eigenvalue weighted by molar-refractivity contribution is 5.89. The SMILES string of the molecule is COc1ccc(Cc2nc(C(C)=O)no2)cc1. The molecule has 1 heterocycles. The van der Waals surface area contributed by atoms with Crippen molar-refractivity contribution in [3.8, 4) is 5.75 Å². The first kappa shape index (κ1) is 11.3. The van der Waals surface area contributed by atoms with Gasteiger partial charge in [0.2, 0.25) is 17.5 Å². The Morgan fingerprint density at radius 2 is 2.06 bits per heavy atom. The number of hydrogen-bond acceptors (Lipinski definition) is 5. The molecule has 17 heavy (non-hydrogen) atoms. The van der Waals surface area contributed by atoms with Crippen LogP contribution in [0, 0.1) is 0 Å². The Hall–Kier alpha value is -2.17. The zero-order chi connectivity index (χ0) is 12.3. The fourth-order valence-corrected chi connectivity index (χ4v) is 1.39. The van der Waals surface area contributed by atoms with E-state index in [9.17, 15) is 4.79 Å². The molecule has 0 bridgehead atoms. The molecule has 0 atom stereocenters. The first-order valence-corrected chi connectivity index (χ1v) is 5.15. The molecule has 0 aliphatic rings. The van der Waals surface area contributed by atoms with Crippen LogP contribution in [0.25, 0.3) is 0 Å². The van der Waals surface area contributed by atoms with Gasteiger partial charge in [-0.3, -0.25) is 4.79 Å². The van der Waals surface area contributed by atoms with Crippen molar-refractivity contribution in [3.05, 3.63) is 41.5 Å². The largest absolute Gasteiger partial charge is 0.497 e. The van der Waals surface area contributed by atoms with Gasteiger partial charge in [-0.25, -0.2) is 0 Å². The summed E-state index contributed by atoms with van der Waals surface area (Å²) in [5.41, 5.74) is 1.02. The normalized spacial score (nSPS) is 10.2. The molecular weight excluding hydrogens is 220 g/mol. The van der Waals surface area contributed by atoms with E-state index in [2.05, 4.69) is 10.1 Å². The van der Waals surface area contributed by atoms with Crippen LogP contribution < -0.4 is 4.74 Å². The summed E-state index contributed by atoms with van der Waals surface area (Å²) in [5, 5.41) is 3.59. The molecule has 5 heteroatoms. The van der Waals surface area contributed by atoms with Crippen molar-refractivity contribution in [2.75, 3.05) is 7.11 Å². The second-order valence-corrected chi connectivity index (χ2v) is 3.59. The maximum Gasteiger partial charge on any atom is 0.238 e. The van der Waals surface area contributed by atoms with Gasteiger partial charge in [0.05, 0.1) is 13.5 Å². The number of carbonyl (C=O) groups excluding carboxylic acids is 1. The number of rotatable bonds is 4. The molecule has 0 spiro atoms. The predicted molar refractivity (Wildman–Crippen MR) is 60.1 cm³/mol. The second-order valence-electron chi connectivity index (χ2n) is 3.59. The summed E-state index contributed by atoms with van der Waals surface area (Å²) < 4.78 is 10.0. The fraction of sp³-hybridized carbons (Fsp3) is 0.250. The Labute approximate surface area is 98.4 Å². The van der Waals surface area contributed by atoms with Gasteiger partial charge in [-0.05, 0) is 17.7 Å². The van der Waals surface area contributed by atoms with Gasteiger partial charge in [-0.2, -0.15) is 4.98 Å². The molecule has 5 nitrogen and oxygen atoms in total. The predicted octanol–water partition coefficient (Wildman–Crippen LogP) is 1.87. The van der Waals surface area contributed by atoms with Crippen molar-refractivity contribution in [2.24, 2.45) is 0 Å². The molecule has 1 aromatic carbocycles. The molecule has 2 aromatic rings. The lowest BCUT2D eigenvalue weighted by atomic mass is 10.1. The van der Waals surface area contributed by atoms with Crippen LogP contribution in [0.1, 0.15) is 29.0 Å². The van der Waals surface area contributed by atoms with Crippen molar-refractivity contribution >= 4 is 5.78 Å². The Bertz CT molecular complexity index is 517. The Kier molecular flexibility index (Phi) is 3.18. The molecule has 0 saturated heterocycles. The van der Waals surface area contributed by atoms with E-state index >= 15 is 0 Å². The van der Waals surface area contributed by atoms with Crippen LogP contribution in [0.4, 0.5) is 0 Å². The van der Waals surface area contributed by atoms with E-state index < -0.39 is 0 Å². The van der Waals surface area contributed by atoms with Crippen LogP contribution in [0.3, 0.4) is 0 Å². The molecule has 0 aliphatic heterocycles. The summed E-state index contributed by atoms with van der Waals surface area (Å²) in [5.74, 6) is 1.15. The van der Waals surface area contributed by atoms with Crippen molar-refractivity contribution in [3.63, 3.8) is 0 Å². The van der Waals surface area contributed by atoms with E-state index in [1.807, 2.05) is 24.3 Å². The summed E-state index contributed by atoms with van der Waals surface area (Å²) >= 11 is 0. The van der Waals surface area contributed by atoms with Crippen molar-refractivity contribution in [1.29, 1.82) is 0 Å². The number of aromatic nitrogens is 2. The Morgan fingerprint density at radius 3 is 2.59 bits per heavy atom. The van der Waals surface area contributed by atoms with Crippen molar-refractivity contribution in [1.82, 2.24) is 10.1 Å². The van der Waals surface area contributed by atoms with Gasteiger partial charge in [-0.1, -0.05) is 17.3 Å². The van der Waals surface area contributed by atoms with E-state index in [0.717, 1.165) is 11.3 Å². The summed E-state index contributed by atoms with van der Waals surface area (Å²) in [7, 11) is 1.62. The van der Waals surface area contributed by atoms with Gasteiger partial charge in [0.25, 0.3) is 0 Å². The second kappa shape index (κ2) is 4.78. The highest BCUT2D eigenvalue weighted by Crippen LogP contribution is 2.14. The maximum atomic E-state index is 11.0. The Morgan fingerprint density at radius 1 is 1.35 bits per heavy atom. The van der Waals surface area contributed by atoms with Crippen LogP contribution in [-0.4, -0.2) is 23.0 Å². The third-order valence-electron chi connectivity index (χ3n) is 2.30. The first-order chi connectivity index (χ1) is 8.19. The number of hydrogen-bond donors (Lipinski definition) is 0. The third kappa shape index (κ3) is 2.69. The number of Topliss-reactive ketones (excluding diaryl/α,β-unsaturated/α-hetero) is 1.